The first-order valence-electron chi connectivity index (χ1n) is 7.82. The quantitative estimate of drug-likeness (QED) is 0.831. The van der Waals surface area contributed by atoms with Crippen molar-refractivity contribution in [3.8, 4) is 5.88 Å². The van der Waals surface area contributed by atoms with Gasteiger partial charge in [0.1, 0.15) is 11.6 Å². The maximum Gasteiger partial charge on any atom is 0.218 e. The van der Waals surface area contributed by atoms with Crippen LogP contribution in [0.15, 0.2) is 6.07 Å². The Hall–Kier alpha value is -1.32. The minimum Gasteiger partial charge on any atom is -0.478 e. The fraction of sp³-hybridized carbons (Fsp3) is 0.765. The lowest BCUT2D eigenvalue weighted by Crippen LogP contribution is -2.35. The largest absolute Gasteiger partial charge is 0.478 e. The van der Waals surface area contributed by atoms with Crippen LogP contribution in [0.3, 0.4) is 0 Å². The van der Waals surface area contributed by atoms with E-state index in [0.29, 0.717) is 12.5 Å². The molecule has 0 fully saturated rings. The molecule has 4 heteroatoms. The van der Waals surface area contributed by atoms with Crippen LogP contribution in [-0.2, 0) is 0 Å². The summed E-state index contributed by atoms with van der Waals surface area (Å²) < 4.78 is 5.56. The second-order valence-electron chi connectivity index (χ2n) is 7.78. The van der Waals surface area contributed by atoms with Crippen LogP contribution >= 0.6 is 0 Å². The van der Waals surface area contributed by atoms with Gasteiger partial charge in [-0.05, 0) is 32.6 Å². The molecule has 0 aromatic carbocycles. The van der Waals surface area contributed by atoms with Crippen LogP contribution in [0.25, 0.3) is 0 Å². The minimum atomic E-state index is -0.0374. The summed E-state index contributed by atoms with van der Waals surface area (Å²) in [4.78, 5) is 9.08. The molecule has 0 saturated heterocycles. The summed E-state index contributed by atoms with van der Waals surface area (Å²) in [5.74, 6) is 2.57. The third-order valence-electron chi connectivity index (χ3n) is 2.97. The molecule has 1 aromatic heterocycles. The van der Waals surface area contributed by atoms with E-state index < -0.39 is 0 Å². The number of aromatic nitrogens is 2. The lowest BCUT2D eigenvalue weighted by atomic mass is 9.82. The Kier molecular flexibility index (Phi) is 5.60. The number of anilines is 1. The number of nitrogens with zero attached hydrogens (tertiary/aromatic N) is 2. The SMILES string of the molecule is CCOc1cc(NC(C)(C)CC(C)(C)C)nc(C(C)C)n1. The molecule has 1 heterocycles. The predicted molar refractivity (Wildman–Crippen MR) is 89.1 cm³/mol. The third kappa shape index (κ3) is 6.32. The maximum atomic E-state index is 5.56. The average molecular weight is 293 g/mol. The highest BCUT2D eigenvalue weighted by molar-refractivity contribution is 5.41. The Morgan fingerprint density at radius 2 is 1.76 bits per heavy atom. The Labute approximate surface area is 129 Å². The summed E-state index contributed by atoms with van der Waals surface area (Å²) >= 11 is 0. The van der Waals surface area contributed by atoms with Gasteiger partial charge in [0.05, 0.1) is 6.61 Å². The van der Waals surface area contributed by atoms with Gasteiger partial charge in [0, 0.05) is 17.5 Å². The van der Waals surface area contributed by atoms with E-state index in [1.807, 2.05) is 13.0 Å². The average Bonchev–Trinajstić information content (AvgIpc) is 2.24. The van der Waals surface area contributed by atoms with Crippen LogP contribution < -0.4 is 10.1 Å². The van der Waals surface area contributed by atoms with E-state index in [2.05, 4.69) is 63.8 Å². The van der Waals surface area contributed by atoms with Crippen LogP contribution in [0, 0.1) is 5.41 Å². The van der Waals surface area contributed by atoms with Crippen molar-refractivity contribution in [3.05, 3.63) is 11.9 Å². The minimum absolute atomic E-state index is 0.0374. The smallest absolute Gasteiger partial charge is 0.218 e. The molecule has 0 spiro atoms. The Morgan fingerprint density at radius 1 is 1.14 bits per heavy atom. The molecule has 0 aliphatic carbocycles. The fourth-order valence-electron chi connectivity index (χ4n) is 2.70. The summed E-state index contributed by atoms with van der Waals surface area (Å²) in [6, 6.07) is 1.89. The van der Waals surface area contributed by atoms with Crippen LogP contribution in [0.4, 0.5) is 5.82 Å². The molecule has 0 amide bonds. The predicted octanol–water partition coefficient (Wildman–Crippen LogP) is 4.63. The lowest BCUT2D eigenvalue weighted by Gasteiger charge is -2.34. The summed E-state index contributed by atoms with van der Waals surface area (Å²) in [7, 11) is 0. The van der Waals surface area contributed by atoms with Gasteiger partial charge in [0.25, 0.3) is 0 Å². The van der Waals surface area contributed by atoms with Crippen molar-refractivity contribution in [2.75, 3.05) is 11.9 Å². The number of hydrogen-bond acceptors (Lipinski definition) is 4. The molecule has 0 bridgehead atoms. The van der Waals surface area contributed by atoms with Crippen LogP contribution in [0.2, 0.25) is 0 Å². The van der Waals surface area contributed by atoms with Crippen molar-refractivity contribution < 1.29 is 4.74 Å². The molecule has 0 atom stereocenters. The molecule has 0 aliphatic rings. The second kappa shape index (κ2) is 6.63. The molecule has 0 aliphatic heterocycles. The Morgan fingerprint density at radius 3 is 2.24 bits per heavy atom. The fourth-order valence-corrected chi connectivity index (χ4v) is 2.70. The summed E-state index contributed by atoms with van der Waals surface area (Å²) in [5.41, 5.74) is 0.220. The molecule has 0 saturated carbocycles. The van der Waals surface area contributed by atoms with Crippen molar-refractivity contribution in [2.24, 2.45) is 5.41 Å². The molecule has 1 rings (SSSR count). The van der Waals surface area contributed by atoms with Gasteiger partial charge in [-0.2, -0.15) is 4.98 Å². The number of hydrogen-bond donors (Lipinski definition) is 1. The standard InChI is InChI=1S/C17H31N3O/c1-9-21-14-10-13(18-15(19-14)12(2)3)20-17(7,8)11-16(4,5)6/h10,12H,9,11H2,1-8H3,(H,18,19,20). The van der Waals surface area contributed by atoms with E-state index in [1.165, 1.54) is 0 Å². The van der Waals surface area contributed by atoms with Crippen LogP contribution in [0.1, 0.15) is 73.6 Å². The van der Waals surface area contributed by atoms with Crippen molar-refractivity contribution in [2.45, 2.75) is 73.3 Å². The molecule has 1 N–H and O–H groups in total. The van der Waals surface area contributed by atoms with Gasteiger partial charge >= 0.3 is 0 Å². The topological polar surface area (TPSA) is 47.0 Å². The summed E-state index contributed by atoms with van der Waals surface area (Å²) in [6.45, 7) is 17.9. The molecular formula is C17H31N3O. The normalized spacial score (nSPS) is 12.6. The highest BCUT2D eigenvalue weighted by Gasteiger charge is 2.26. The van der Waals surface area contributed by atoms with Crippen molar-refractivity contribution >= 4 is 5.82 Å². The van der Waals surface area contributed by atoms with E-state index in [9.17, 15) is 0 Å². The zero-order valence-electron chi connectivity index (χ0n) is 14.9. The lowest BCUT2D eigenvalue weighted by molar-refractivity contribution is 0.301. The molecular weight excluding hydrogens is 262 g/mol. The molecule has 4 nitrogen and oxygen atoms in total. The highest BCUT2D eigenvalue weighted by Crippen LogP contribution is 2.30. The monoisotopic (exact) mass is 293 g/mol. The van der Waals surface area contributed by atoms with Crippen molar-refractivity contribution in [1.82, 2.24) is 9.97 Å². The first-order valence-corrected chi connectivity index (χ1v) is 7.82. The first-order chi connectivity index (χ1) is 9.52. The number of ether oxygens (including phenoxy) is 1. The van der Waals surface area contributed by atoms with Crippen molar-refractivity contribution in [3.63, 3.8) is 0 Å². The first kappa shape index (κ1) is 17.7. The van der Waals surface area contributed by atoms with Gasteiger partial charge in [-0.25, -0.2) is 4.98 Å². The van der Waals surface area contributed by atoms with Crippen LogP contribution in [0.5, 0.6) is 5.88 Å². The van der Waals surface area contributed by atoms with Gasteiger partial charge in [0.2, 0.25) is 5.88 Å². The van der Waals surface area contributed by atoms with Crippen molar-refractivity contribution in [1.29, 1.82) is 0 Å². The number of rotatable bonds is 6. The third-order valence-corrected chi connectivity index (χ3v) is 2.97. The van der Waals surface area contributed by atoms with E-state index in [-0.39, 0.29) is 16.9 Å². The van der Waals surface area contributed by atoms with E-state index in [0.717, 1.165) is 18.1 Å². The second-order valence-corrected chi connectivity index (χ2v) is 7.78. The van der Waals surface area contributed by atoms with Gasteiger partial charge in [-0.3, -0.25) is 0 Å². The molecule has 0 unspecified atom stereocenters. The molecule has 1 aromatic rings. The Balaban J connectivity index is 3.01. The summed E-state index contributed by atoms with van der Waals surface area (Å²) in [5, 5.41) is 3.54. The van der Waals surface area contributed by atoms with Crippen LogP contribution in [-0.4, -0.2) is 22.1 Å². The van der Waals surface area contributed by atoms with E-state index in [4.69, 9.17) is 4.74 Å². The summed E-state index contributed by atoms with van der Waals surface area (Å²) in [6.07, 6.45) is 1.05. The molecule has 120 valence electrons. The highest BCUT2D eigenvalue weighted by atomic mass is 16.5. The Bertz CT molecular complexity index is 462. The van der Waals surface area contributed by atoms with Gasteiger partial charge in [-0.15, -0.1) is 0 Å². The van der Waals surface area contributed by atoms with Gasteiger partial charge in [0.15, 0.2) is 0 Å². The molecule has 21 heavy (non-hydrogen) atoms. The number of nitrogens with one attached hydrogen (secondary N) is 1. The molecule has 0 radical (unpaired) electrons. The zero-order valence-corrected chi connectivity index (χ0v) is 14.9. The van der Waals surface area contributed by atoms with Gasteiger partial charge < -0.3 is 10.1 Å². The maximum absolute atomic E-state index is 5.56. The van der Waals surface area contributed by atoms with Gasteiger partial charge in [-0.1, -0.05) is 34.6 Å². The van der Waals surface area contributed by atoms with E-state index >= 15 is 0 Å². The van der Waals surface area contributed by atoms with E-state index in [1.54, 1.807) is 0 Å². The zero-order chi connectivity index (χ0) is 16.3.